The van der Waals surface area contributed by atoms with Gasteiger partial charge in [0.2, 0.25) is 5.91 Å². The normalized spacial score (nSPS) is 17.4. The number of amides is 1. The first-order chi connectivity index (χ1) is 6.75. The molecule has 0 aliphatic carbocycles. The van der Waals surface area contributed by atoms with Gasteiger partial charge in [-0.3, -0.25) is 4.79 Å². The van der Waals surface area contributed by atoms with Crippen LogP contribution in [0.1, 0.15) is 0 Å². The van der Waals surface area contributed by atoms with E-state index in [4.69, 9.17) is 11.6 Å². The minimum absolute atomic E-state index is 0. The summed E-state index contributed by atoms with van der Waals surface area (Å²) in [5.41, 5.74) is 0.680. The lowest BCUT2D eigenvalue weighted by Crippen LogP contribution is -2.19. The predicted molar refractivity (Wildman–Crippen MR) is 66.4 cm³/mol. The van der Waals surface area contributed by atoms with Crippen molar-refractivity contribution in [2.75, 3.05) is 5.75 Å². The summed E-state index contributed by atoms with van der Waals surface area (Å²) in [7, 11) is 0. The van der Waals surface area contributed by atoms with Crippen LogP contribution < -0.4 is 5.32 Å². The Labute approximate surface area is 103 Å². The molecule has 0 spiro atoms. The van der Waals surface area contributed by atoms with Gasteiger partial charge in [0.25, 0.3) is 0 Å². The van der Waals surface area contributed by atoms with Crippen LogP contribution in [0.5, 0.6) is 0 Å². The monoisotopic (exact) mass is 262 g/mol. The van der Waals surface area contributed by atoms with Gasteiger partial charge in [0.1, 0.15) is 0 Å². The van der Waals surface area contributed by atoms with E-state index in [9.17, 15) is 4.79 Å². The zero-order chi connectivity index (χ0) is 9.97. The fraction of sp³-hybridized carbons (Fsp3) is 0.111. The van der Waals surface area contributed by atoms with Gasteiger partial charge in [0.05, 0.1) is 16.5 Å². The Morgan fingerprint density at radius 3 is 2.73 bits per heavy atom. The van der Waals surface area contributed by atoms with Gasteiger partial charge < -0.3 is 5.32 Å². The van der Waals surface area contributed by atoms with Crippen LogP contribution in [0.4, 0.5) is 5.69 Å². The summed E-state index contributed by atoms with van der Waals surface area (Å²) < 4.78 is 0. The summed E-state index contributed by atoms with van der Waals surface area (Å²) in [6.45, 7) is 0. The Morgan fingerprint density at radius 1 is 1.40 bits per heavy atom. The van der Waals surface area contributed by atoms with Crippen molar-refractivity contribution in [3.63, 3.8) is 0 Å². The molecule has 80 valence electrons. The second kappa shape index (κ2) is 5.39. The van der Waals surface area contributed by atoms with Gasteiger partial charge in [-0.1, -0.05) is 35.5 Å². The largest absolute Gasteiger partial charge is 0.304 e. The van der Waals surface area contributed by atoms with Gasteiger partial charge in [0.15, 0.2) is 5.17 Å². The summed E-state index contributed by atoms with van der Waals surface area (Å²) in [4.78, 5) is 15.1. The highest BCUT2D eigenvalue weighted by Crippen LogP contribution is 2.25. The van der Waals surface area contributed by atoms with E-state index >= 15 is 0 Å². The van der Waals surface area contributed by atoms with E-state index in [0.717, 1.165) is 0 Å². The molecule has 0 saturated carbocycles. The standard InChI is InChI=1S/C9H7ClN2OS.ClH/c10-6-3-1-2-4-7(6)11-9-12-8(13)5-14-9;/h1-4H,5H2,(H,11,12,13);1H. The van der Waals surface area contributed by atoms with Gasteiger partial charge in [0, 0.05) is 0 Å². The van der Waals surface area contributed by atoms with Crippen molar-refractivity contribution >= 4 is 52.5 Å². The first-order valence-electron chi connectivity index (χ1n) is 4.01. The van der Waals surface area contributed by atoms with E-state index in [1.807, 2.05) is 12.1 Å². The minimum atomic E-state index is -0.0131. The van der Waals surface area contributed by atoms with Crippen LogP contribution in [0.3, 0.4) is 0 Å². The number of carbonyl (C=O) groups is 1. The Hall–Kier alpha value is -0.710. The zero-order valence-electron chi connectivity index (χ0n) is 7.57. The topological polar surface area (TPSA) is 41.5 Å². The van der Waals surface area contributed by atoms with Crippen molar-refractivity contribution in [2.45, 2.75) is 0 Å². The lowest BCUT2D eigenvalue weighted by Gasteiger charge is -1.98. The summed E-state index contributed by atoms with van der Waals surface area (Å²) in [6.07, 6.45) is 0. The van der Waals surface area contributed by atoms with Crippen molar-refractivity contribution in [3.8, 4) is 0 Å². The molecule has 6 heteroatoms. The molecule has 0 radical (unpaired) electrons. The number of aliphatic imine (C=N–C) groups is 1. The third-order valence-corrected chi connectivity index (χ3v) is 2.85. The minimum Gasteiger partial charge on any atom is -0.304 e. The number of benzene rings is 1. The molecular formula is C9H8Cl2N2OS. The van der Waals surface area contributed by atoms with Crippen LogP contribution in [0.25, 0.3) is 0 Å². The number of halogens is 2. The molecule has 15 heavy (non-hydrogen) atoms. The number of hydrogen-bond donors (Lipinski definition) is 1. The number of rotatable bonds is 1. The molecule has 2 rings (SSSR count). The molecule has 0 bridgehead atoms. The van der Waals surface area contributed by atoms with Crippen LogP contribution in [-0.4, -0.2) is 16.8 Å². The third kappa shape index (κ3) is 3.12. The molecule has 1 heterocycles. The van der Waals surface area contributed by atoms with Crippen LogP contribution in [0.15, 0.2) is 29.3 Å². The van der Waals surface area contributed by atoms with Crippen molar-refractivity contribution < 1.29 is 4.79 Å². The molecule has 0 unspecified atom stereocenters. The zero-order valence-corrected chi connectivity index (χ0v) is 9.96. The highest BCUT2D eigenvalue weighted by Gasteiger charge is 2.16. The second-order valence-electron chi connectivity index (χ2n) is 2.71. The second-order valence-corrected chi connectivity index (χ2v) is 4.08. The van der Waals surface area contributed by atoms with Gasteiger partial charge in [-0.15, -0.1) is 12.4 Å². The number of para-hydroxylation sites is 1. The van der Waals surface area contributed by atoms with E-state index in [-0.39, 0.29) is 18.3 Å². The van der Waals surface area contributed by atoms with Gasteiger partial charge in [-0.25, -0.2) is 4.99 Å². The Balaban J connectivity index is 0.00000112. The number of hydrogen-bond acceptors (Lipinski definition) is 3. The lowest BCUT2D eigenvalue weighted by molar-refractivity contribution is -0.116. The molecule has 1 fully saturated rings. The van der Waals surface area contributed by atoms with E-state index in [1.165, 1.54) is 11.8 Å². The molecule has 0 atom stereocenters. The van der Waals surface area contributed by atoms with Gasteiger partial charge in [-0.05, 0) is 12.1 Å². The molecule has 1 saturated heterocycles. The number of nitrogens with one attached hydrogen (secondary N) is 1. The molecular weight excluding hydrogens is 255 g/mol. The number of thioether (sulfide) groups is 1. The smallest absolute Gasteiger partial charge is 0.236 e. The molecule has 0 aromatic heterocycles. The number of amidine groups is 1. The molecule has 1 aliphatic rings. The quantitative estimate of drug-likeness (QED) is 0.846. The molecule has 1 amide bonds. The molecule has 3 nitrogen and oxygen atoms in total. The highest BCUT2D eigenvalue weighted by molar-refractivity contribution is 8.15. The summed E-state index contributed by atoms with van der Waals surface area (Å²) in [5.74, 6) is 0.421. The predicted octanol–water partition coefficient (Wildman–Crippen LogP) is 2.61. The van der Waals surface area contributed by atoms with Crippen LogP contribution in [-0.2, 0) is 4.79 Å². The Morgan fingerprint density at radius 2 is 2.13 bits per heavy atom. The molecule has 1 aromatic rings. The van der Waals surface area contributed by atoms with Gasteiger partial charge in [-0.2, -0.15) is 0 Å². The van der Waals surface area contributed by atoms with Crippen molar-refractivity contribution in [1.82, 2.24) is 5.32 Å². The van der Waals surface area contributed by atoms with Crippen molar-refractivity contribution in [3.05, 3.63) is 29.3 Å². The summed E-state index contributed by atoms with van der Waals surface area (Å²) in [5, 5.41) is 3.84. The Kier molecular flexibility index (Phi) is 4.45. The van der Waals surface area contributed by atoms with Crippen LogP contribution in [0.2, 0.25) is 5.02 Å². The summed E-state index contributed by atoms with van der Waals surface area (Å²) in [6, 6.07) is 7.27. The average molecular weight is 263 g/mol. The number of nitrogens with zero attached hydrogens (tertiary/aromatic N) is 1. The van der Waals surface area contributed by atoms with Crippen LogP contribution in [0, 0.1) is 0 Å². The third-order valence-electron chi connectivity index (χ3n) is 1.66. The summed E-state index contributed by atoms with van der Waals surface area (Å²) >= 11 is 7.29. The van der Waals surface area contributed by atoms with E-state index < -0.39 is 0 Å². The lowest BCUT2D eigenvalue weighted by atomic mass is 10.3. The maximum absolute atomic E-state index is 10.9. The van der Waals surface area contributed by atoms with E-state index in [0.29, 0.717) is 21.6 Å². The van der Waals surface area contributed by atoms with Crippen LogP contribution >= 0.6 is 35.8 Å². The highest BCUT2D eigenvalue weighted by atomic mass is 35.5. The van der Waals surface area contributed by atoms with Crippen molar-refractivity contribution in [2.24, 2.45) is 4.99 Å². The van der Waals surface area contributed by atoms with E-state index in [2.05, 4.69) is 10.3 Å². The Bertz CT molecular complexity index is 409. The first kappa shape index (κ1) is 12.4. The van der Waals surface area contributed by atoms with E-state index in [1.54, 1.807) is 12.1 Å². The maximum atomic E-state index is 10.9. The van der Waals surface area contributed by atoms with Crippen molar-refractivity contribution in [1.29, 1.82) is 0 Å². The maximum Gasteiger partial charge on any atom is 0.236 e. The molecule has 1 N–H and O–H groups in total. The molecule has 1 aromatic carbocycles. The fourth-order valence-electron chi connectivity index (χ4n) is 1.04. The molecule has 1 aliphatic heterocycles. The number of carbonyl (C=O) groups excluding carboxylic acids is 1. The fourth-order valence-corrected chi connectivity index (χ4v) is 1.90. The average Bonchev–Trinajstić information content (AvgIpc) is 2.56. The first-order valence-corrected chi connectivity index (χ1v) is 5.38. The SMILES string of the molecule is Cl.O=C1CSC(=Nc2ccccc2Cl)N1. The van der Waals surface area contributed by atoms with Gasteiger partial charge >= 0.3 is 0 Å².